The van der Waals surface area contributed by atoms with Crippen LogP contribution >= 0.6 is 0 Å². The molecular formula is C8H13NO. The molecule has 0 aromatic carbocycles. The lowest BCUT2D eigenvalue weighted by atomic mass is 10.1. The Hall–Kier alpha value is -0.790. The van der Waals surface area contributed by atoms with E-state index in [1.165, 1.54) is 0 Å². The van der Waals surface area contributed by atoms with E-state index in [1.54, 1.807) is 0 Å². The number of hydrogen-bond acceptors (Lipinski definition) is 1. The van der Waals surface area contributed by atoms with Gasteiger partial charge in [0.25, 0.3) is 5.91 Å². The molecule has 1 saturated heterocycles. The van der Waals surface area contributed by atoms with E-state index in [0.29, 0.717) is 0 Å². The molecule has 56 valence electrons. The number of carbonyl (C=O) groups is 1. The summed E-state index contributed by atoms with van der Waals surface area (Å²) in [6.45, 7) is 7.43. The molecule has 0 bridgehead atoms. The molecular weight excluding hydrogens is 126 g/mol. The predicted octanol–water partition coefficient (Wildman–Crippen LogP) is 1.18. The number of likely N-dealkylation sites (tertiary alicyclic amines) is 1. The van der Waals surface area contributed by atoms with Crippen molar-refractivity contribution in [3.8, 4) is 0 Å². The summed E-state index contributed by atoms with van der Waals surface area (Å²) in [7, 11) is 0. The van der Waals surface area contributed by atoms with Crippen molar-refractivity contribution in [2.75, 3.05) is 13.1 Å². The van der Waals surface area contributed by atoms with E-state index in [0.717, 1.165) is 31.5 Å². The number of carbonyl (C=O) groups excluding carboxylic acids is 1. The second kappa shape index (κ2) is 2.86. The van der Waals surface area contributed by atoms with Gasteiger partial charge in [-0.2, -0.15) is 0 Å². The fourth-order valence-corrected chi connectivity index (χ4v) is 1.03. The van der Waals surface area contributed by atoms with Crippen molar-refractivity contribution in [2.45, 2.75) is 19.8 Å². The van der Waals surface area contributed by atoms with Gasteiger partial charge >= 0.3 is 0 Å². The van der Waals surface area contributed by atoms with E-state index in [1.807, 2.05) is 4.90 Å². The second-order valence-corrected chi connectivity index (χ2v) is 2.68. The van der Waals surface area contributed by atoms with Crippen LogP contribution in [0.3, 0.4) is 0 Å². The van der Waals surface area contributed by atoms with Crippen LogP contribution < -0.4 is 0 Å². The summed E-state index contributed by atoms with van der Waals surface area (Å²) in [6.07, 6.45) is 2.26. The Balaban J connectivity index is 2.21. The van der Waals surface area contributed by atoms with Crippen molar-refractivity contribution in [3.05, 3.63) is 12.2 Å². The number of hydrogen-bond donors (Lipinski definition) is 0. The monoisotopic (exact) mass is 139 g/mol. The van der Waals surface area contributed by atoms with Crippen molar-refractivity contribution in [3.63, 3.8) is 0 Å². The highest BCUT2D eigenvalue weighted by molar-refractivity contribution is 5.99. The van der Waals surface area contributed by atoms with Crippen LogP contribution in [0.1, 0.15) is 19.8 Å². The summed E-state index contributed by atoms with van der Waals surface area (Å²) in [5, 5.41) is 0. The largest absolute Gasteiger partial charge is 0.334 e. The van der Waals surface area contributed by atoms with E-state index in [2.05, 4.69) is 13.5 Å². The van der Waals surface area contributed by atoms with Gasteiger partial charge < -0.3 is 4.90 Å². The Morgan fingerprint density at radius 2 is 2.40 bits per heavy atom. The molecule has 0 aliphatic carbocycles. The third-order valence-electron chi connectivity index (χ3n) is 1.75. The molecule has 2 nitrogen and oxygen atoms in total. The zero-order chi connectivity index (χ0) is 7.56. The first-order chi connectivity index (χ1) is 4.75. The van der Waals surface area contributed by atoms with Gasteiger partial charge in [0.2, 0.25) is 0 Å². The zero-order valence-electron chi connectivity index (χ0n) is 6.39. The van der Waals surface area contributed by atoms with Gasteiger partial charge in [-0.1, -0.05) is 19.9 Å². The molecule has 0 N–H and O–H groups in total. The maximum Gasteiger partial charge on any atom is 0.251 e. The van der Waals surface area contributed by atoms with E-state index in [9.17, 15) is 4.79 Å². The lowest BCUT2D eigenvalue weighted by Gasteiger charge is -2.32. The number of unbranched alkanes of at least 4 members (excludes halogenated alkanes) is 1. The summed E-state index contributed by atoms with van der Waals surface area (Å²) in [6, 6.07) is 0. The molecule has 1 aliphatic heterocycles. The van der Waals surface area contributed by atoms with Crippen LogP contribution in [0.5, 0.6) is 0 Å². The first kappa shape index (κ1) is 7.32. The quantitative estimate of drug-likeness (QED) is 0.425. The Morgan fingerprint density at radius 3 is 2.80 bits per heavy atom. The third-order valence-corrected chi connectivity index (χ3v) is 1.75. The predicted molar refractivity (Wildman–Crippen MR) is 40.6 cm³/mol. The maximum absolute atomic E-state index is 10.9. The molecule has 1 aliphatic rings. The van der Waals surface area contributed by atoms with Gasteiger partial charge in [0.05, 0.1) is 6.54 Å². The molecule has 0 unspecified atom stereocenters. The number of rotatable bonds is 3. The molecule has 1 heterocycles. The summed E-state index contributed by atoms with van der Waals surface area (Å²) < 4.78 is 0. The van der Waals surface area contributed by atoms with E-state index in [4.69, 9.17) is 0 Å². The van der Waals surface area contributed by atoms with Gasteiger partial charge in [-0.25, -0.2) is 0 Å². The molecule has 0 radical (unpaired) electrons. The fraction of sp³-hybridized carbons (Fsp3) is 0.625. The lowest BCUT2D eigenvalue weighted by molar-refractivity contribution is -0.132. The SMILES string of the molecule is C=C1CN(CCCC)C1=O. The molecule has 2 heteroatoms. The number of amides is 1. The van der Waals surface area contributed by atoms with Crippen molar-refractivity contribution < 1.29 is 4.79 Å². The van der Waals surface area contributed by atoms with Gasteiger partial charge in [0, 0.05) is 12.1 Å². The first-order valence-electron chi connectivity index (χ1n) is 3.72. The van der Waals surface area contributed by atoms with Gasteiger partial charge in [-0.15, -0.1) is 0 Å². The Labute approximate surface area is 61.5 Å². The Morgan fingerprint density at radius 1 is 1.70 bits per heavy atom. The normalized spacial score (nSPS) is 17.5. The summed E-state index contributed by atoms with van der Waals surface area (Å²) >= 11 is 0. The highest BCUT2D eigenvalue weighted by atomic mass is 16.2. The van der Waals surface area contributed by atoms with Crippen LogP contribution in [-0.4, -0.2) is 23.9 Å². The van der Waals surface area contributed by atoms with Crippen molar-refractivity contribution in [1.82, 2.24) is 4.90 Å². The van der Waals surface area contributed by atoms with Crippen LogP contribution in [0.25, 0.3) is 0 Å². The van der Waals surface area contributed by atoms with Gasteiger partial charge in [-0.3, -0.25) is 4.79 Å². The van der Waals surface area contributed by atoms with Crippen LogP contribution in [-0.2, 0) is 4.79 Å². The molecule has 1 fully saturated rings. The standard InChI is InChI=1S/C8H13NO/c1-3-4-5-9-6-7(2)8(9)10/h2-6H2,1H3. The van der Waals surface area contributed by atoms with E-state index < -0.39 is 0 Å². The second-order valence-electron chi connectivity index (χ2n) is 2.68. The van der Waals surface area contributed by atoms with E-state index >= 15 is 0 Å². The van der Waals surface area contributed by atoms with Crippen LogP contribution in [0, 0.1) is 0 Å². The van der Waals surface area contributed by atoms with Gasteiger partial charge in [0.1, 0.15) is 0 Å². The molecule has 1 rings (SSSR count). The molecule has 0 aromatic heterocycles. The van der Waals surface area contributed by atoms with Gasteiger partial charge in [0.15, 0.2) is 0 Å². The molecule has 0 spiro atoms. The molecule has 0 atom stereocenters. The van der Waals surface area contributed by atoms with Crippen LogP contribution in [0.4, 0.5) is 0 Å². The highest BCUT2D eigenvalue weighted by Crippen LogP contribution is 2.14. The third kappa shape index (κ3) is 1.20. The number of nitrogens with zero attached hydrogens (tertiary/aromatic N) is 1. The number of β-lactam (4-membered cyclic amide) rings is 1. The Bertz CT molecular complexity index is 163. The molecule has 1 amide bonds. The topological polar surface area (TPSA) is 20.3 Å². The summed E-state index contributed by atoms with van der Waals surface area (Å²) in [5.74, 6) is 0.147. The average molecular weight is 139 g/mol. The van der Waals surface area contributed by atoms with Crippen LogP contribution in [0.2, 0.25) is 0 Å². The minimum Gasteiger partial charge on any atom is -0.334 e. The zero-order valence-corrected chi connectivity index (χ0v) is 6.39. The molecule has 10 heavy (non-hydrogen) atoms. The Kier molecular flexibility index (Phi) is 2.10. The van der Waals surface area contributed by atoms with Crippen LogP contribution in [0.15, 0.2) is 12.2 Å². The smallest absolute Gasteiger partial charge is 0.251 e. The minimum absolute atomic E-state index is 0.147. The summed E-state index contributed by atoms with van der Waals surface area (Å²) in [4.78, 5) is 12.7. The van der Waals surface area contributed by atoms with E-state index in [-0.39, 0.29) is 5.91 Å². The van der Waals surface area contributed by atoms with Crippen molar-refractivity contribution >= 4 is 5.91 Å². The first-order valence-corrected chi connectivity index (χ1v) is 3.72. The molecule has 0 aromatic rings. The van der Waals surface area contributed by atoms with Gasteiger partial charge in [-0.05, 0) is 6.42 Å². The van der Waals surface area contributed by atoms with Crippen molar-refractivity contribution in [2.24, 2.45) is 0 Å². The highest BCUT2D eigenvalue weighted by Gasteiger charge is 2.26. The molecule has 0 saturated carbocycles. The average Bonchev–Trinajstić information content (AvgIpc) is 1.97. The van der Waals surface area contributed by atoms with Crippen molar-refractivity contribution in [1.29, 1.82) is 0 Å². The fourth-order valence-electron chi connectivity index (χ4n) is 1.03. The lowest BCUT2D eigenvalue weighted by Crippen LogP contribution is -2.45. The minimum atomic E-state index is 0.147. The summed E-state index contributed by atoms with van der Waals surface area (Å²) in [5.41, 5.74) is 0.760. The maximum atomic E-state index is 10.9.